The van der Waals surface area contributed by atoms with Crippen LogP contribution < -0.4 is 9.47 Å². The summed E-state index contributed by atoms with van der Waals surface area (Å²) in [5.74, 6) is 2.34. The van der Waals surface area contributed by atoms with E-state index in [4.69, 9.17) is 14.5 Å². The van der Waals surface area contributed by atoms with E-state index in [1.54, 1.807) is 18.0 Å². The van der Waals surface area contributed by atoms with Gasteiger partial charge in [-0.1, -0.05) is 0 Å². The van der Waals surface area contributed by atoms with Gasteiger partial charge in [0.2, 0.25) is 0 Å². The number of hydrogen-bond donors (Lipinski definition) is 1. The molecular formula is C24H27ClN4O3. The van der Waals surface area contributed by atoms with E-state index in [0.29, 0.717) is 18.8 Å². The summed E-state index contributed by atoms with van der Waals surface area (Å²) in [6.45, 7) is 2.53. The van der Waals surface area contributed by atoms with Crippen LogP contribution in [-0.2, 0) is 0 Å². The number of ether oxygens (including phenoxy) is 2. The highest BCUT2D eigenvalue weighted by Crippen LogP contribution is 2.44. The van der Waals surface area contributed by atoms with E-state index < -0.39 is 0 Å². The summed E-state index contributed by atoms with van der Waals surface area (Å²) in [6.07, 6.45) is 7.51. The Morgan fingerprint density at radius 2 is 2.06 bits per heavy atom. The number of rotatable bonds is 5. The van der Waals surface area contributed by atoms with Gasteiger partial charge >= 0.3 is 0 Å². The minimum absolute atomic E-state index is 0. The number of aliphatic hydroxyl groups is 1. The van der Waals surface area contributed by atoms with Gasteiger partial charge in [0.15, 0.2) is 17.3 Å². The number of nitrogens with zero attached hydrogens (tertiary/aromatic N) is 4. The van der Waals surface area contributed by atoms with E-state index in [1.165, 1.54) is 0 Å². The molecule has 0 radical (unpaired) electrons. The molecule has 1 aliphatic carbocycles. The standard InChI is InChI=1S/C24H26N4O3.ClH/c1-3-31-22-12-17-18-11-16(29)6-7-20(18)27-24(19(17)13-21(22)30-2)15-5-8-23(25-14-15)28-10-4-9-26-28;/h4-5,8-10,12-14,16,18,20,29H,3,6-7,11H2,1-2H3;1H/t16-,18-,20-;/m1./s1. The van der Waals surface area contributed by atoms with Crippen molar-refractivity contribution in [3.05, 3.63) is 65.6 Å². The Hall–Kier alpha value is -2.90. The Morgan fingerprint density at radius 3 is 2.75 bits per heavy atom. The lowest BCUT2D eigenvalue weighted by Crippen LogP contribution is -2.34. The summed E-state index contributed by atoms with van der Waals surface area (Å²) in [4.78, 5) is 9.74. The molecule has 3 heterocycles. The lowest BCUT2D eigenvalue weighted by atomic mass is 9.74. The molecule has 5 rings (SSSR count). The third kappa shape index (κ3) is 3.98. The van der Waals surface area contributed by atoms with Gasteiger partial charge in [0.25, 0.3) is 0 Å². The van der Waals surface area contributed by atoms with Gasteiger partial charge in [-0.2, -0.15) is 5.10 Å². The maximum Gasteiger partial charge on any atom is 0.161 e. The van der Waals surface area contributed by atoms with Crippen LogP contribution in [-0.4, -0.2) is 51.4 Å². The zero-order valence-electron chi connectivity index (χ0n) is 18.1. The van der Waals surface area contributed by atoms with Gasteiger partial charge in [0.1, 0.15) is 0 Å². The van der Waals surface area contributed by atoms with E-state index in [2.05, 4.69) is 16.1 Å². The van der Waals surface area contributed by atoms with E-state index in [0.717, 1.165) is 46.8 Å². The molecule has 0 bridgehead atoms. The monoisotopic (exact) mass is 454 g/mol. The van der Waals surface area contributed by atoms with Crippen molar-refractivity contribution in [2.45, 2.75) is 44.2 Å². The lowest BCUT2D eigenvalue weighted by Gasteiger charge is -2.37. The molecule has 0 spiro atoms. The van der Waals surface area contributed by atoms with Crippen LogP contribution in [0, 0.1) is 0 Å². The molecule has 2 aromatic heterocycles. The van der Waals surface area contributed by atoms with E-state index in [-0.39, 0.29) is 30.5 Å². The largest absolute Gasteiger partial charge is 0.493 e. The van der Waals surface area contributed by atoms with Gasteiger partial charge in [-0.15, -0.1) is 12.4 Å². The molecule has 0 amide bonds. The molecule has 2 aliphatic rings. The van der Waals surface area contributed by atoms with Crippen LogP contribution in [0.2, 0.25) is 0 Å². The number of hydrogen-bond acceptors (Lipinski definition) is 6. The number of aromatic nitrogens is 3. The van der Waals surface area contributed by atoms with Crippen molar-refractivity contribution in [2.24, 2.45) is 4.99 Å². The molecule has 168 valence electrons. The minimum Gasteiger partial charge on any atom is -0.493 e. The van der Waals surface area contributed by atoms with Crippen LogP contribution in [0.5, 0.6) is 11.5 Å². The topological polar surface area (TPSA) is 81.8 Å². The first-order valence-corrected chi connectivity index (χ1v) is 10.7. The first-order chi connectivity index (χ1) is 15.2. The third-order valence-corrected chi connectivity index (χ3v) is 6.13. The Balaban J connectivity index is 0.00000245. The van der Waals surface area contributed by atoms with Crippen molar-refractivity contribution in [3.8, 4) is 17.3 Å². The highest BCUT2D eigenvalue weighted by atomic mass is 35.5. The molecule has 8 heteroatoms. The number of fused-ring (bicyclic) bond motifs is 3. The first kappa shape index (κ1) is 22.3. The fourth-order valence-electron chi connectivity index (χ4n) is 4.67. The van der Waals surface area contributed by atoms with Crippen LogP contribution >= 0.6 is 12.4 Å². The molecule has 3 aromatic rings. The molecule has 1 aromatic carbocycles. The zero-order valence-corrected chi connectivity index (χ0v) is 19.0. The van der Waals surface area contributed by atoms with Crippen molar-refractivity contribution in [2.75, 3.05) is 13.7 Å². The van der Waals surface area contributed by atoms with E-state index >= 15 is 0 Å². The smallest absolute Gasteiger partial charge is 0.161 e. The molecule has 7 nitrogen and oxygen atoms in total. The fourth-order valence-corrected chi connectivity index (χ4v) is 4.67. The fraction of sp³-hybridized carbons (Fsp3) is 0.375. The Bertz CT molecular complexity index is 1100. The third-order valence-electron chi connectivity index (χ3n) is 6.13. The zero-order chi connectivity index (χ0) is 21.4. The number of aliphatic imine (C=N–C) groups is 1. The van der Waals surface area contributed by atoms with Crippen LogP contribution in [0.4, 0.5) is 0 Å². The molecule has 1 saturated carbocycles. The van der Waals surface area contributed by atoms with Crippen molar-refractivity contribution in [1.29, 1.82) is 0 Å². The van der Waals surface area contributed by atoms with Crippen molar-refractivity contribution in [3.63, 3.8) is 0 Å². The van der Waals surface area contributed by atoms with Gasteiger partial charge in [0.05, 0.1) is 31.6 Å². The molecule has 1 aliphatic heterocycles. The van der Waals surface area contributed by atoms with E-state index in [9.17, 15) is 5.11 Å². The van der Waals surface area contributed by atoms with Crippen LogP contribution in [0.15, 0.2) is 53.9 Å². The highest BCUT2D eigenvalue weighted by Gasteiger charge is 2.37. The number of methoxy groups -OCH3 is 1. The second-order valence-corrected chi connectivity index (χ2v) is 8.00. The van der Waals surface area contributed by atoms with E-state index in [1.807, 2.05) is 43.6 Å². The van der Waals surface area contributed by atoms with Crippen molar-refractivity contribution >= 4 is 18.1 Å². The summed E-state index contributed by atoms with van der Waals surface area (Å²) in [5, 5.41) is 14.6. The molecule has 1 fully saturated rings. The average molecular weight is 455 g/mol. The SMILES string of the molecule is CCOc1cc2c(cc1OC)C(c1ccc(-n3cccn3)nc1)=N[C@@H]1CC[C@@H](O)C[C@H]21.Cl. The van der Waals surface area contributed by atoms with Crippen LogP contribution in [0.3, 0.4) is 0 Å². The Morgan fingerprint density at radius 1 is 1.19 bits per heavy atom. The maximum atomic E-state index is 10.3. The van der Waals surface area contributed by atoms with Gasteiger partial charge in [-0.05, 0) is 62.1 Å². The quantitative estimate of drug-likeness (QED) is 0.631. The van der Waals surface area contributed by atoms with Crippen molar-refractivity contribution < 1.29 is 14.6 Å². The number of halogens is 1. The number of benzene rings is 1. The predicted molar refractivity (Wildman–Crippen MR) is 125 cm³/mol. The highest BCUT2D eigenvalue weighted by molar-refractivity contribution is 6.14. The summed E-state index contributed by atoms with van der Waals surface area (Å²) in [5.41, 5.74) is 4.04. The second kappa shape index (κ2) is 9.30. The summed E-state index contributed by atoms with van der Waals surface area (Å²) >= 11 is 0. The van der Waals surface area contributed by atoms with Crippen LogP contribution in [0.1, 0.15) is 48.8 Å². The Labute approximate surface area is 193 Å². The summed E-state index contributed by atoms with van der Waals surface area (Å²) in [6, 6.07) is 10.1. The van der Waals surface area contributed by atoms with Gasteiger partial charge in [-0.3, -0.25) is 4.99 Å². The Kier molecular flexibility index (Phi) is 6.48. The van der Waals surface area contributed by atoms with Crippen LogP contribution in [0.25, 0.3) is 5.82 Å². The van der Waals surface area contributed by atoms with Crippen molar-refractivity contribution in [1.82, 2.24) is 14.8 Å². The molecule has 3 atom stereocenters. The predicted octanol–water partition coefficient (Wildman–Crippen LogP) is 3.94. The number of pyridine rings is 1. The van der Waals surface area contributed by atoms with Gasteiger partial charge in [0, 0.05) is 35.6 Å². The normalized spacial score (nSPS) is 21.6. The molecule has 0 unspecified atom stereocenters. The van der Waals surface area contributed by atoms with Gasteiger partial charge in [-0.25, -0.2) is 9.67 Å². The second-order valence-electron chi connectivity index (χ2n) is 8.00. The summed E-state index contributed by atoms with van der Waals surface area (Å²) < 4.78 is 13.2. The average Bonchev–Trinajstić information content (AvgIpc) is 3.34. The lowest BCUT2D eigenvalue weighted by molar-refractivity contribution is 0.111. The molecule has 0 saturated heterocycles. The first-order valence-electron chi connectivity index (χ1n) is 10.7. The minimum atomic E-state index is -0.293. The molecule has 1 N–H and O–H groups in total. The maximum absolute atomic E-state index is 10.3. The number of aliphatic hydroxyl groups excluding tert-OH is 1. The molecular weight excluding hydrogens is 428 g/mol. The van der Waals surface area contributed by atoms with Gasteiger partial charge < -0.3 is 14.6 Å². The molecule has 32 heavy (non-hydrogen) atoms. The summed E-state index contributed by atoms with van der Waals surface area (Å²) in [7, 11) is 1.65.